The molecule has 2 N–H and O–H groups in total. The fourth-order valence-corrected chi connectivity index (χ4v) is 1.21. The summed E-state index contributed by atoms with van der Waals surface area (Å²) in [6.45, 7) is 1.79. The van der Waals surface area contributed by atoms with Crippen molar-refractivity contribution in [2.24, 2.45) is 0 Å². The van der Waals surface area contributed by atoms with E-state index in [1.807, 2.05) is 0 Å². The number of nitrogens with zero attached hydrogens (tertiary/aromatic N) is 1. The predicted molar refractivity (Wildman–Crippen MR) is 46.5 cm³/mol. The fraction of sp³-hybridized carbons (Fsp3) is 0.167. The van der Waals surface area contributed by atoms with Crippen LogP contribution in [0.3, 0.4) is 0 Å². The van der Waals surface area contributed by atoms with Gasteiger partial charge in [-0.15, -0.1) is 0 Å². The lowest BCUT2D eigenvalue weighted by atomic mass is 9.81. The molecule has 58 valence electrons. The van der Waals surface area contributed by atoms with Crippen molar-refractivity contribution in [3.8, 4) is 0 Å². The van der Waals surface area contributed by atoms with E-state index >= 15 is 0 Å². The SMILES string of the molecule is Cc1nccc(B(O)O)c1Br. The van der Waals surface area contributed by atoms with Crippen molar-refractivity contribution in [2.45, 2.75) is 6.92 Å². The molecule has 11 heavy (non-hydrogen) atoms. The van der Waals surface area contributed by atoms with Gasteiger partial charge in [-0.05, 0) is 34.4 Å². The summed E-state index contributed by atoms with van der Waals surface area (Å²) in [5.41, 5.74) is 1.19. The zero-order valence-electron chi connectivity index (χ0n) is 5.95. The molecule has 0 aliphatic carbocycles. The van der Waals surface area contributed by atoms with Gasteiger partial charge in [0.05, 0.1) is 5.69 Å². The maximum Gasteiger partial charge on any atom is 0.489 e. The second kappa shape index (κ2) is 3.34. The number of hydrogen-bond acceptors (Lipinski definition) is 3. The number of aromatic nitrogens is 1. The van der Waals surface area contributed by atoms with E-state index in [2.05, 4.69) is 20.9 Å². The van der Waals surface area contributed by atoms with Crippen LogP contribution in [0.25, 0.3) is 0 Å². The maximum atomic E-state index is 8.83. The molecule has 0 saturated heterocycles. The smallest absolute Gasteiger partial charge is 0.423 e. The Morgan fingerprint density at radius 3 is 2.64 bits per heavy atom. The van der Waals surface area contributed by atoms with Crippen LogP contribution in [0.15, 0.2) is 16.7 Å². The molecule has 0 spiro atoms. The van der Waals surface area contributed by atoms with Gasteiger partial charge in [0.25, 0.3) is 0 Å². The highest BCUT2D eigenvalue weighted by Crippen LogP contribution is 2.09. The van der Waals surface area contributed by atoms with E-state index in [9.17, 15) is 0 Å². The first kappa shape index (κ1) is 8.71. The number of pyridine rings is 1. The maximum absolute atomic E-state index is 8.83. The van der Waals surface area contributed by atoms with Gasteiger partial charge in [-0.2, -0.15) is 0 Å². The Morgan fingerprint density at radius 2 is 2.18 bits per heavy atom. The lowest BCUT2D eigenvalue weighted by Crippen LogP contribution is -2.31. The summed E-state index contributed by atoms with van der Waals surface area (Å²) < 4.78 is 0.648. The highest BCUT2D eigenvalue weighted by atomic mass is 79.9. The minimum absolute atomic E-state index is 0.442. The Balaban J connectivity index is 3.17. The van der Waals surface area contributed by atoms with Gasteiger partial charge in [0, 0.05) is 10.7 Å². The third kappa shape index (κ3) is 1.80. The van der Waals surface area contributed by atoms with Crippen LogP contribution in [0, 0.1) is 6.92 Å². The van der Waals surface area contributed by atoms with Gasteiger partial charge < -0.3 is 10.0 Å². The summed E-state index contributed by atoms with van der Waals surface area (Å²) in [5.74, 6) is 0. The van der Waals surface area contributed by atoms with E-state index in [0.29, 0.717) is 9.94 Å². The first-order chi connectivity index (χ1) is 5.13. The quantitative estimate of drug-likeness (QED) is 0.640. The van der Waals surface area contributed by atoms with E-state index in [1.54, 1.807) is 13.0 Å². The molecule has 0 aliphatic rings. The molecule has 0 atom stereocenters. The van der Waals surface area contributed by atoms with Gasteiger partial charge >= 0.3 is 7.12 Å². The number of aryl methyl sites for hydroxylation is 1. The van der Waals surface area contributed by atoms with Crippen LogP contribution in [0.2, 0.25) is 0 Å². The summed E-state index contributed by atoms with van der Waals surface area (Å²) in [6.07, 6.45) is 1.54. The minimum atomic E-state index is -1.44. The molecule has 0 radical (unpaired) electrons. The van der Waals surface area contributed by atoms with Crippen molar-refractivity contribution in [2.75, 3.05) is 0 Å². The number of hydrogen-bond donors (Lipinski definition) is 2. The van der Waals surface area contributed by atoms with Crippen LogP contribution < -0.4 is 5.46 Å². The lowest BCUT2D eigenvalue weighted by molar-refractivity contribution is 0.425. The van der Waals surface area contributed by atoms with Crippen molar-refractivity contribution in [1.29, 1.82) is 0 Å². The average molecular weight is 216 g/mol. The molecule has 1 heterocycles. The number of rotatable bonds is 1. The largest absolute Gasteiger partial charge is 0.489 e. The first-order valence-corrected chi connectivity index (χ1v) is 3.89. The predicted octanol–water partition coefficient (Wildman–Crippen LogP) is -0.168. The Morgan fingerprint density at radius 1 is 1.55 bits per heavy atom. The Kier molecular flexibility index (Phi) is 2.65. The molecule has 0 aliphatic heterocycles. The van der Waals surface area contributed by atoms with Gasteiger partial charge in [0.1, 0.15) is 0 Å². The molecule has 0 fully saturated rings. The molecule has 0 aromatic carbocycles. The zero-order chi connectivity index (χ0) is 8.43. The molecular weight excluding hydrogens is 209 g/mol. The van der Waals surface area contributed by atoms with Crippen LogP contribution in [0.1, 0.15) is 5.69 Å². The molecule has 0 amide bonds. The van der Waals surface area contributed by atoms with Crippen molar-refractivity contribution >= 4 is 28.5 Å². The van der Waals surface area contributed by atoms with Gasteiger partial charge in [-0.25, -0.2) is 0 Å². The third-order valence-electron chi connectivity index (χ3n) is 1.37. The highest BCUT2D eigenvalue weighted by Gasteiger charge is 2.15. The summed E-state index contributed by atoms with van der Waals surface area (Å²) in [5, 5.41) is 17.7. The topological polar surface area (TPSA) is 53.4 Å². The van der Waals surface area contributed by atoms with Gasteiger partial charge in [0.2, 0.25) is 0 Å². The molecule has 1 aromatic rings. The molecular formula is C6H7BBrNO2. The monoisotopic (exact) mass is 215 g/mol. The van der Waals surface area contributed by atoms with Crippen LogP contribution >= 0.6 is 15.9 Å². The van der Waals surface area contributed by atoms with Crippen molar-refractivity contribution in [3.05, 3.63) is 22.4 Å². The number of halogens is 1. The summed E-state index contributed by atoms with van der Waals surface area (Å²) >= 11 is 3.20. The molecule has 0 saturated carbocycles. The van der Waals surface area contributed by atoms with Crippen LogP contribution in [0.5, 0.6) is 0 Å². The average Bonchev–Trinajstić information content (AvgIpc) is 1.94. The van der Waals surface area contributed by atoms with Crippen molar-refractivity contribution in [3.63, 3.8) is 0 Å². The third-order valence-corrected chi connectivity index (χ3v) is 2.40. The zero-order valence-corrected chi connectivity index (χ0v) is 7.54. The summed E-state index contributed by atoms with van der Waals surface area (Å²) in [6, 6.07) is 1.56. The second-order valence-electron chi connectivity index (χ2n) is 2.17. The molecule has 5 heteroatoms. The van der Waals surface area contributed by atoms with Crippen molar-refractivity contribution in [1.82, 2.24) is 4.98 Å². The fourth-order valence-electron chi connectivity index (χ4n) is 0.768. The molecule has 1 rings (SSSR count). The Hall–Kier alpha value is -0.385. The molecule has 0 unspecified atom stereocenters. The van der Waals surface area contributed by atoms with E-state index in [0.717, 1.165) is 5.69 Å². The molecule has 0 bridgehead atoms. The minimum Gasteiger partial charge on any atom is -0.423 e. The van der Waals surface area contributed by atoms with E-state index in [1.165, 1.54) is 6.20 Å². The van der Waals surface area contributed by atoms with Crippen LogP contribution in [0.4, 0.5) is 0 Å². The first-order valence-electron chi connectivity index (χ1n) is 3.10. The lowest BCUT2D eigenvalue weighted by Gasteiger charge is -2.03. The van der Waals surface area contributed by atoms with Crippen molar-refractivity contribution < 1.29 is 10.0 Å². The van der Waals surface area contributed by atoms with Gasteiger partial charge in [-0.3, -0.25) is 4.98 Å². The summed E-state index contributed by atoms with van der Waals surface area (Å²) in [4.78, 5) is 3.95. The summed E-state index contributed by atoms with van der Waals surface area (Å²) in [7, 11) is -1.44. The normalized spacial score (nSPS) is 9.82. The molecule has 3 nitrogen and oxygen atoms in total. The van der Waals surface area contributed by atoms with Crippen LogP contribution in [-0.4, -0.2) is 22.2 Å². The standard InChI is InChI=1S/C6H7BBrNO2/c1-4-6(8)5(7(10)11)2-3-9-4/h2-3,10-11H,1H3. The van der Waals surface area contributed by atoms with Gasteiger partial charge in [-0.1, -0.05) is 0 Å². The Bertz CT molecular complexity index is 267. The second-order valence-corrected chi connectivity index (χ2v) is 2.97. The molecule has 1 aromatic heterocycles. The Labute approximate surface area is 73.4 Å². The van der Waals surface area contributed by atoms with Gasteiger partial charge in [0.15, 0.2) is 0 Å². The van der Waals surface area contributed by atoms with E-state index in [-0.39, 0.29) is 0 Å². The highest BCUT2D eigenvalue weighted by molar-refractivity contribution is 9.10. The van der Waals surface area contributed by atoms with Crippen LogP contribution in [-0.2, 0) is 0 Å². The van der Waals surface area contributed by atoms with E-state index < -0.39 is 7.12 Å². The van der Waals surface area contributed by atoms with E-state index in [4.69, 9.17) is 10.0 Å².